The number of methoxy groups -OCH3 is 1. The average molecular weight is 286 g/mol. The van der Waals surface area contributed by atoms with Crippen molar-refractivity contribution in [2.45, 2.75) is 17.7 Å². The second-order valence-corrected chi connectivity index (χ2v) is 5.32. The Morgan fingerprint density at radius 2 is 2.10 bits per heavy atom. The van der Waals surface area contributed by atoms with E-state index < -0.39 is 0 Å². The van der Waals surface area contributed by atoms with Crippen molar-refractivity contribution in [2.24, 2.45) is 0 Å². The molecule has 0 N–H and O–H groups in total. The van der Waals surface area contributed by atoms with Crippen LogP contribution in [-0.4, -0.2) is 26.9 Å². The Morgan fingerprint density at radius 1 is 1.20 bits per heavy atom. The summed E-state index contributed by atoms with van der Waals surface area (Å²) in [5.74, 6) is 2.52. The van der Waals surface area contributed by atoms with Gasteiger partial charge < -0.3 is 4.74 Å². The van der Waals surface area contributed by atoms with Gasteiger partial charge in [-0.2, -0.15) is 9.61 Å². The first-order valence-corrected chi connectivity index (χ1v) is 7.19. The third-order valence-corrected chi connectivity index (χ3v) is 3.91. The highest BCUT2D eigenvalue weighted by atomic mass is 32.2. The van der Waals surface area contributed by atoms with Gasteiger partial charge in [0, 0.05) is 5.75 Å². The Balaban J connectivity index is 1.77. The summed E-state index contributed by atoms with van der Waals surface area (Å²) >= 11 is 1.68. The second kappa shape index (κ2) is 5.50. The molecule has 5 nitrogen and oxygen atoms in total. The molecule has 6 heteroatoms. The van der Waals surface area contributed by atoms with Crippen molar-refractivity contribution >= 4 is 17.4 Å². The molecule has 2 heterocycles. The molecule has 0 saturated heterocycles. The van der Waals surface area contributed by atoms with Gasteiger partial charge in [0.05, 0.1) is 7.11 Å². The summed E-state index contributed by atoms with van der Waals surface area (Å²) in [5, 5.41) is 13.5. The summed E-state index contributed by atoms with van der Waals surface area (Å²) in [5.41, 5.74) is 1.98. The maximum Gasteiger partial charge on any atom is 0.177 e. The minimum Gasteiger partial charge on any atom is -0.497 e. The van der Waals surface area contributed by atoms with Crippen molar-refractivity contribution in [1.29, 1.82) is 0 Å². The molecule has 0 saturated carbocycles. The normalized spacial score (nSPS) is 10.9. The zero-order valence-corrected chi connectivity index (χ0v) is 12.1. The molecular weight excluding hydrogens is 272 g/mol. The molecule has 3 rings (SSSR count). The van der Waals surface area contributed by atoms with Crippen LogP contribution in [-0.2, 0) is 5.75 Å². The number of benzene rings is 1. The summed E-state index contributed by atoms with van der Waals surface area (Å²) in [6, 6.07) is 12.0. The van der Waals surface area contributed by atoms with Gasteiger partial charge in [-0.3, -0.25) is 0 Å². The van der Waals surface area contributed by atoms with E-state index in [0.29, 0.717) is 0 Å². The molecule has 0 amide bonds. The van der Waals surface area contributed by atoms with Crippen molar-refractivity contribution in [3.8, 4) is 5.75 Å². The zero-order valence-electron chi connectivity index (χ0n) is 11.3. The van der Waals surface area contributed by atoms with Crippen LogP contribution >= 0.6 is 11.8 Å². The van der Waals surface area contributed by atoms with E-state index in [1.807, 2.05) is 37.3 Å². The smallest absolute Gasteiger partial charge is 0.177 e. The molecule has 0 radical (unpaired) electrons. The Labute approximate surface area is 121 Å². The summed E-state index contributed by atoms with van der Waals surface area (Å²) in [7, 11) is 1.68. The predicted molar refractivity (Wildman–Crippen MR) is 78.1 cm³/mol. The molecule has 1 aromatic carbocycles. The van der Waals surface area contributed by atoms with Gasteiger partial charge in [-0.25, -0.2) is 0 Å². The third-order valence-electron chi connectivity index (χ3n) is 2.92. The van der Waals surface area contributed by atoms with Crippen molar-refractivity contribution in [3.63, 3.8) is 0 Å². The van der Waals surface area contributed by atoms with Gasteiger partial charge in [-0.15, -0.1) is 10.2 Å². The van der Waals surface area contributed by atoms with E-state index >= 15 is 0 Å². The van der Waals surface area contributed by atoms with Crippen LogP contribution in [0.25, 0.3) is 5.65 Å². The summed E-state index contributed by atoms with van der Waals surface area (Å²) in [6.07, 6.45) is 0. The Hall–Kier alpha value is -2.08. The lowest BCUT2D eigenvalue weighted by atomic mass is 10.2. The number of ether oxygens (including phenoxy) is 1. The first kappa shape index (κ1) is 12.9. The van der Waals surface area contributed by atoms with Gasteiger partial charge >= 0.3 is 0 Å². The lowest BCUT2D eigenvalue weighted by Gasteiger charge is -2.04. The van der Waals surface area contributed by atoms with Crippen molar-refractivity contribution in [1.82, 2.24) is 19.8 Å². The summed E-state index contributed by atoms with van der Waals surface area (Å²) in [4.78, 5) is 0. The monoisotopic (exact) mass is 286 g/mol. The number of aryl methyl sites for hydroxylation is 1. The van der Waals surface area contributed by atoms with Crippen molar-refractivity contribution in [2.75, 3.05) is 7.11 Å². The molecule has 0 aliphatic carbocycles. The Kier molecular flexibility index (Phi) is 3.56. The molecular formula is C14H14N4OS. The highest BCUT2D eigenvalue weighted by Gasteiger charge is 2.04. The maximum absolute atomic E-state index is 5.22. The number of fused-ring (bicyclic) bond motifs is 1. The highest BCUT2D eigenvalue weighted by molar-refractivity contribution is 7.98. The number of rotatable bonds is 4. The number of thioether (sulfide) groups is 1. The topological polar surface area (TPSA) is 52.3 Å². The molecule has 2 aromatic heterocycles. The van der Waals surface area contributed by atoms with Crippen LogP contribution in [0.4, 0.5) is 0 Å². The minimum absolute atomic E-state index is 0.772. The molecule has 0 spiro atoms. The lowest BCUT2D eigenvalue weighted by molar-refractivity contribution is 0.414. The second-order valence-electron chi connectivity index (χ2n) is 4.33. The Bertz CT molecular complexity index is 741. The first-order valence-electron chi connectivity index (χ1n) is 6.21. The fourth-order valence-electron chi connectivity index (χ4n) is 1.88. The van der Waals surface area contributed by atoms with Gasteiger partial charge in [0.2, 0.25) is 0 Å². The quantitative estimate of drug-likeness (QED) is 0.690. The van der Waals surface area contributed by atoms with Gasteiger partial charge in [-0.05, 0) is 36.8 Å². The zero-order chi connectivity index (χ0) is 13.9. The Morgan fingerprint density at radius 3 is 2.95 bits per heavy atom. The van der Waals surface area contributed by atoms with E-state index in [4.69, 9.17) is 4.74 Å². The van der Waals surface area contributed by atoms with Crippen LogP contribution in [0.2, 0.25) is 0 Å². The third kappa shape index (κ3) is 2.60. The number of nitrogens with zero attached hydrogens (tertiary/aromatic N) is 4. The summed E-state index contributed by atoms with van der Waals surface area (Å²) in [6.45, 7) is 1.89. The first-order chi connectivity index (χ1) is 9.76. The SMILES string of the molecule is COc1cccc(CSc2ccc3nnc(C)n3n2)c1. The van der Waals surface area contributed by atoms with Gasteiger partial charge in [-0.1, -0.05) is 23.9 Å². The van der Waals surface area contributed by atoms with E-state index in [9.17, 15) is 0 Å². The molecule has 0 fully saturated rings. The molecule has 3 aromatic rings. The number of hydrogen-bond donors (Lipinski definition) is 0. The van der Waals surface area contributed by atoms with E-state index in [2.05, 4.69) is 21.4 Å². The fourth-order valence-corrected chi connectivity index (χ4v) is 2.67. The summed E-state index contributed by atoms with van der Waals surface area (Å²) < 4.78 is 6.98. The van der Waals surface area contributed by atoms with Gasteiger partial charge in [0.25, 0.3) is 0 Å². The fraction of sp³-hybridized carbons (Fsp3) is 0.214. The molecule has 0 atom stereocenters. The number of aromatic nitrogens is 4. The van der Waals surface area contributed by atoms with Crippen LogP contribution in [0.5, 0.6) is 5.75 Å². The van der Waals surface area contributed by atoms with E-state index in [1.165, 1.54) is 5.56 Å². The molecule has 20 heavy (non-hydrogen) atoms. The molecule has 102 valence electrons. The van der Waals surface area contributed by atoms with Crippen LogP contribution in [0, 0.1) is 6.92 Å². The van der Waals surface area contributed by atoms with E-state index in [0.717, 1.165) is 28.0 Å². The van der Waals surface area contributed by atoms with E-state index in [1.54, 1.807) is 23.4 Å². The standard InChI is InChI=1S/C14H14N4OS/c1-10-15-16-13-6-7-14(17-18(10)13)20-9-11-4-3-5-12(8-11)19-2/h3-8H,9H2,1-2H3. The molecule has 0 aliphatic heterocycles. The van der Waals surface area contributed by atoms with Crippen LogP contribution in [0.3, 0.4) is 0 Å². The maximum atomic E-state index is 5.22. The molecule has 0 unspecified atom stereocenters. The van der Waals surface area contributed by atoms with Crippen LogP contribution < -0.4 is 4.74 Å². The van der Waals surface area contributed by atoms with Crippen LogP contribution in [0.15, 0.2) is 41.4 Å². The van der Waals surface area contributed by atoms with Crippen molar-refractivity contribution < 1.29 is 4.74 Å². The van der Waals surface area contributed by atoms with Gasteiger partial charge in [0.1, 0.15) is 10.8 Å². The molecule has 0 aliphatic rings. The van der Waals surface area contributed by atoms with Crippen LogP contribution in [0.1, 0.15) is 11.4 Å². The van der Waals surface area contributed by atoms with Gasteiger partial charge in [0.15, 0.2) is 11.5 Å². The molecule has 0 bridgehead atoms. The highest BCUT2D eigenvalue weighted by Crippen LogP contribution is 2.23. The van der Waals surface area contributed by atoms with E-state index in [-0.39, 0.29) is 0 Å². The largest absolute Gasteiger partial charge is 0.497 e. The van der Waals surface area contributed by atoms with Crippen molar-refractivity contribution in [3.05, 3.63) is 47.8 Å². The minimum atomic E-state index is 0.772. The average Bonchev–Trinajstić information content (AvgIpc) is 2.86. The predicted octanol–water partition coefficient (Wildman–Crippen LogP) is 2.73. The lowest BCUT2D eigenvalue weighted by Crippen LogP contribution is -1.95. The number of hydrogen-bond acceptors (Lipinski definition) is 5.